The molecule has 0 spiro atoms. The monoisotopic (exact) mass is 437 g/mol. The number of nitrogens with two attached hydrogens (primary N) is 1. The van der Waals surface area contributed by atoms with Crippen LogP contribution in [0.2, 0.25) is 0 Å². The van der Waals surface area contributed by atoms with Gasteiger partial charge < -0.3 is 15.9 Å². The number of fused-ring (bicyclic) bond motifs is 2. The summed E-state index contributed by atoms with van der Waals surface area (Å²) in [7, 11) is 0. The van der Waals surface area contributed by atoms with Crippen molar-refractivity contribution in [2.75, 3.05) is 13.2 Å². The van der Waals surface area contributed by atoms with Crippen molar-refractivity contribution in [1.29, 1.82) is 0 Å². The Labute approximate surface area is 186 Å². The molecule has 3 nitrogen and oxygen atoms in total. The van der Waals surface area contributed by atoms with Crippen molar-refractivity contribution in [3.8, 4) is 0 Å². The van der Waals surface area contributed by atoms with Crippen LogP contribution in [-0.2, 0) is 12.8 Å². The van der Waals surface area contributed by atoms with E-state index in [0.717, 1.165) is 12.8 Å². The van der Waals surface area contributed by atoms with Crippen molar-refractivity contribution in [2.45, 2.75) is 51.3 Å². The van der Waals surface area contributed by atoms with Crippen LogP contribution in [0.4, 0.5) is 0 Å². The lowest BCUT2D eigenvalue weighted by molar-refractivity contribution is 0.115. The molecule has 4 N–H and O–H groups in total. The molecule has 0 atom stereocenters. The van der Waals surface area contributed by atoms with Crippen molar-refractivity contribution in [2.24, 2.45) is 5.73 Å². The minimum atomic E-state index is -0.917. The molecule has 0 saturated heterocycles. The molecular formula is C25H27NO2S2. The van der Waals surface area contributed by atoms with E-state index in [4.69, 9.17) is 5.73 Å². The lowest BCUT2D eigenvalue weighted by atomic mass is 9.92. The van der Waals surface area contributed by atoms with Crippen molar-refractivity contribution in [1.82, 2.24) is 0 Å². The van der Waals surface area contributed by atoms with Crippen LogP contribution < -0.4 is 5.73 Å². The Bertz CT molecular complexity index is 1030. The Hall–Kier alpha value is -1.76. The zero-order chi connectivity index (χ0) is 21.1. The third kappa shape index (κ3) is 4.93. The second-order valence-electron chi connectivity index (χ2n) is 8.08. The standard InChI is InChI=1S/C25H27NO2S2/c1-17-2-5-21(6-3-17)29-22-7-9-24-20(14-22)13-19-12-18(4-8-23(19)30-24)10-11-25(26,15-27)16-28/h2-9,12,14,27-28H,10-11,13,15-16,26H2,1H3. The molecule has 1 aliphatic rings. The van der Waals surface area contributed by atoms with Gasteiger partial charge in [0.1, 0.15) is 0 Å². The summed E-state index contributed by atoms with van der Waals surface area (Å²) < 4.78 is 0. The second-order valence-corrected chi connectivity index (χ2v) is 10.3. The molecule has 0 radical (unpaired) electrons. The number of aryl methyl sites for hydroxylation is 2. The molecule has 0 saturated carbocycles. The molecule has 0 amide bonds. The molecular weight excluding hydrogens is 410 g/mol. The normalized spacial score (nSPS) is 13.1. The third-order valence-electron chi connectivity index (χ3n) is 5.56. The molecule has 0 aliphatic carbocycles. The first-order valence-corrected chi connectivity index (χ1v) is 11.8. The molecule has 1 aliphatic heterocycles. The molecule has 3 aromatic carbocycles. The number of benzene rings is 3. The summed E-state index contributed by atoms with van der Waals surface area (Å²) in [5.74, 6) is 0. The topological polar surface area (TPSA) is 66.5 Å². The summed E-state index contributed by atoms with van der Waals surface area (Å²) in [6, 6.07) is 22.0. The van der Waals surface area contributed by atoms with Crippen LogP contribution in [0.3, 0.4) is 0 Å². The summed E-state index contributed by atoms with van der Waals surface area (Å²) in [5, 5.41) is 18.8. The lowest BCUT2D eigenvalue weighted by Gasteiger charge is -2.25. The first kappa shape index (κ1) is 21.5. The highest BCUT2D eigenvalue weighted by molar-refractivity contribution is 8.00. The average molecular weight is 438 g/mol. The maximum Gasteiger partial charge on any atom is 0.0633 e. The molecule has 0 bridgehead atoms. The first-order valence-electron chi connectivity index (χ1n) is 10.2. The van der Waals surface area contributed by atoms with E-state index in [1.54, 1.807) is 11.8 Å². The maximum atomic E-state index is 9.42. The van der Waals surface area contributed by atoms with E-state index in [9.17, 15) is 10.2 Å². The zero-order valence-electron chi connectivity index (χ0n) is 17.1. The van der Waals surface area contributed by atoms with Crippen LogP contribution in [0.15, 0.2) is 80.2 Å². The summed E-state index contributed by atoms with van der Waals surface area (Å²) in [4.78, 5) is 5.14. The van der Waals surface area contributed by atoms with Gasteiger partial charge in [-0.05, 0) is 79.3 Å². The van der Waals surface area contributed by atoms with Gasteiger partial charge in [0.2, 0.25) is 0 Å². The van der Waals surface area contributed by atoms with Gasteiger partial charge in [0.05, 0.1) is 18.8 Å². The molecule has 156 valence electrons. The Balaban J connectivity index is 1.49. The summed E-state index contributed by atoms with van der Waals surface area (Å²) in [6.07, 6.45) is 2.22. The summed E-state index contributed by atoms with van der Waals surface area (Å²) in [6.45, 7) is 1.69. The Morgan fingerprint density at radius 3 is 2.23 bits per heavy atom. The molecule has 5 heteroatoms. The average Bonchev–Trinajstić information content (AvgIpc) is 2.77. The molecule has 0 fully saturated rings. The van der Waals surface area contributed by atoms with Gasteiger partial charge in [-0.1, -0.05) is 53.4 Å². The molecule has 3 aromatic rings. The van der Waals surface area contributed by atoms with Crippen LogP contribution >= 0.6 is 23.5 Å². The summed E-state index contributed by atoms with van der Waals surface area (Å²) >= 11 is 3.63. The highest BCUT2D eigenvalue weighted by Crippen LogP contribution is 2.42. The first-order chi connectivity index (χ1) is 14.5. The van der Waals surface area contributed by atoms with Gasteiger partial charge in [0.25, 0.3) is 0 Å². The van der Waals surface area contributed by atoms with E-state index in [1.807, 2.05) is 11.8 Å². The van der Waals surface area contributed by atoms with Gasteiger partial charge in [0, 0.05) is 19.6 Å². The van der Waals surface area contributed by atoms with E-state index in [2.05, 4.69) is 67.6 Å². The number of aliphatic hydroxyl groups excluding tert-OH is 2. The fraction of sp³-hybridized carbons (Fsp3) is 0.280. The van der Waals surface area contributed by atoms with Gasteiger partial charge in [-0.2, -0.15) is 0 Å². The van der Waals surface area contributed by atoms with Crippen molar-refractivity contribution in [3.05, 3.63) is 82.9 Å². The largest absolute Gasteiger partial charge is 0.394 e. The molecule has 4 rings (SSSR count). The molecule has 0 aromatic heterocycles. The van der Waals surface area contributed by atoms with E-state index in [1.165, 1.54) is 41.8 Å². The smallest absolute Gasteiger partial charge is 0.0633 e. The fourth-order valence-electron chi connectivity index (χ4n) is 3.55. The Morgan fingerprint density at radius 1 is 0.900 bits per heavy atom. The lowest BCUT2D eigenvalue weighted by Crippen LogP contribution is -2.47. The second kappa shape index (κ2) is 9.16. The van der Waals surface area contributed by atoms with Gasteiger partial charge in [-0.15, -0.1) is 0 Å². The van der Waals surface area contributed by atoms with Gasteiger partial charge in [-0.3, -0.25) is 0 Å². The van der Waals surface area contributed by atoms with Crippen LogP contribution in [0.25, 0.3) is 0 Å². The molecule has 0 unspecified atom stereocenters. The quantitative estimate of drug-likeness (QED) is 0.387. The van der Waals surface area contributed by atoms with Gasteiger partial charge >= 0.3 is 0 Å². The van der Waals surface area contributed by atoms with E-state index in [0.29, 0.717) is 6.42 Å². The number of rotatable bonds is 7. The zero-order valence-corrected chi connectivity index (χ0v) is 18.7. The van der Waals surface area contributed by atoms with Crippen LogP contribution in [0.1, 0.15) is 28.7 Å². The predicted octanol–water partition coefficient (Wildman–Crippen LogP) is 4.82. The number of hydrogen-bond acceptors (Lipinski definition) is 5. The SMILES string of the molecule is Cc1ccc(Sc2ccc3c(c2)Cc2cc(CCC(N)(CO)CO)ccc2S3)cc1. The van der Waals surface area contributed by atoms with E-state index < -0.39 is 5.54 Å². The maximum absolute atomic E-state index is 9.42. The summed E-state index contributed by atoms with van der Waals surface area (Å²) in [5.41, 5.74) is 10.3. The van der Waals surface area contributed by atoms with Crippen molar-refractivity contribution >= 4 is 23.5 Å². The fourth-order valence-corrected chi connectivity index (χ4v) is 5.47. The molecule has 1 heterocycles. The van der Waals surface area contributed by atoms with Gasteiger partial charge in [-0.25, -0.2) is 0 Å². The minimum Gasteiger partial charge on any atom is -0.394 e. The Morgan fingerprint density at radius 2 is 1.53 bits per heavy atom. The number of hydrogen-bond donors (Lipinski definition) is 3. The van der Waals surface area contributed by atoms with Crippen LogP contribution in [0, 0.1) is 6.92 Å². The minimum absolute atomic E-state index is 0.209. The number of aliphatic hydroxyl groups is 2. The predicted molar refractivity (Wildman–Crippen MR) is 125 cm³/mol. The van der Waals surface area contributed by atoms with E-state index in [-0.39, 0.29) is 13.2 Å². The molecule has 30 heavy (non-hydrogen) atoms. The van der Waals surface area contributed by atoms with Gasteiger partial charge in [0.15, 0.2) is 0 Å². The third-order valence-corrected chi connectivity index (χ3v) is 7.79. The van der Waals surface area contributed by atoms with Crippen molar-refractivity contribution < 1.29 is 10.2 Å². The van der Waals surface area contributed by atoms with Crippen molar-refractivity contribution in [3.63, 3.8) is 0 Å². The van der Waals surface area contributed by atoms with E-state index >= 15 is 0 Å². The Kier molecular flexibility index (Phi) is 6.56. The van der Waals surface area contributed by atoms with Crippen LogP contribution in [-0.4, -0.2) is 29.0 Å². The van der Waals surface area contributed by atoms with Crippen LogP contribution in [0.5, 0.6) is 0 Å². The highest BCUT2D eigenvalue weighted by atomic mass is 32.2. The highest BCUT2D eigenvalue weighted by Gasteiger charge is 2.23.